The van der Waals surface area contributed by atoms with Crippen LogP contribution in [0.3, 0.4) is 0 Å². The van der Waals surface area contributed by atoms with Gasteiger partial charge in [0, 0.05) is 44.5 Å². The fourth-order valence-electron chi connectivity index (χ4n) is 5.62. The third-order valence-electron chi connectivity index (χ3n) is 7.25. The zero-order chi connectivity index (χ0) is 20.3. The first-order valence-electron chi connectivity index (χ1n) is 11.4. The summed E-state index contributed by atoms with van der Waals surface area (Å²) in [5.41, 5.74) is 4.13. The summed E-state index contributed by atoms with van der Waals surface area (Å²) in [5.74, 6) is 1.67. The normalized spacial score (nSPS) is 28.0. The Balaban J connectivity index is 1.11. The van der Waals surface area contributed by atoms with Gasteiger partial charge in [0.25, 0.3) is 0 Å². The highest BCUT2D eigenvalue weighted by Crippen LogP contribution is 2.37. The van der Waals surface area contributed by atoms with Crippen LogP contribution in [0, 0.1) is 11.8 Å². The number of benzene rings is 2. The van der Waals surface area contributed by atoms with Crippen LogP contribution in [0.25, 0.3) is 0 Å². The second kappa shape index (κ2) is 9.04. The lowest BCUT2D eigenvalue weighted by atomic mass is 9.75. The van der Waals surface area contributed by atoms with Crippen molar-refractivity contribution in [1.29, 1.82) is 0 Å². The van der Waals surface area contributed by atoms with Crippen LogP contribution in [0.2, 0.25) is 0 Å². The molecule has 4 atom stereocenters. The highest BCUT2D eigenvalue weighted by molar-refractivity contribution is 7.80. The Morgan fingerprint density at radius 3 is 2.60 bits per heavy atom. The predicted octanol–water partition coefficient (Wildman–Crippen LogP) is 3.74. The largest absolute Gasteiger partial charge is 0.361 e. The first kappa shape index (κ1) is 20.0. The molecular weight excluding hydrogens is 388 g/mol. The first-order chi connectivity index (χ1) is 14.7. The number of hydrogen-bond acceptors (Lipinski definition) is 3. The molecule has 4 nitrogen and oxygen atoms in total. The Kier molecular flexibility index (Phi) is 6.02. The van der Waals surface area contributed by atoms with Crippen LogP contribution in [0.5, 0.6) is 0 Å². The third-order valence-corrected chi connectivity index (χ3v) is 7.49. The van der Waals surface area contributed by atoms with Crippen LogP contribution < -0.4 is 10.6 Å². The third kappa shape index (κ3) is 4.53. The second-order valence-electron chi connectivity index (χ2n) is 9.15. The average Bonchev–Trinajstić information content (AvgIpc) is 2.79. The van der Waals surface area contributed by atoms with E-state index in [1.54, 1.807) is 5.56 Å². The van der Waals surface area contributed by atoms with Gasteiger partial charge in [-0.2, -0.15) is 0 Å². The molecule has 5 heteroatoms. The number of rotatable bonds is 5. The lowest BCUT2D eigenvalue weighted by Gasteiger charge is -2.51. The molecule has 6 rings (SSSR count). The van der Waals surface area contributed by atoms with Crippen molar-refractivity contribution in [3.63, 3.8) is 0 Å². The van der Waals surface area contributed by atoms with Crippen molar-refractivity contribution in [1.82, 2.24) is 15.1 Å². The van der Waals surface area contributed by atoms with Gasteiger partial charge in [-0.1, -0.05) is 42.5 Å². The minimum atomic E-state index is 0.609. The lowest BCUT2D eigenvalue weighted by Crippen LogP contribution is -2.58. The standard InChI is InChI=1S/C25H32N4S/c30-25(27-23-8-2-1-3-9-23)26-15-24-14-20-11-13-29(24)18-22(20)17-28-12-10-19-6-4-5-7-21(19)16-28/h1-9,20,22,24H,10-18H2,(H2,26,27,30). The van der Waals surface area contributed by atoms with Gasteiger partial charge in [-0.3, -0.25) is 9.80 Å². The lowest BCUT2D eigenvalue weighted by molar-refractivity contribution is -0.0120. The van der Waals surface area contributed by atoms with E-state index in [0.717, 1.165) is 35.7 Å². The SMILES string of the molecule is S=C(NCC1CC2CCN1CC2CN1CCc2ccccc2C1)Nc1ccccc1. The maximum atomic E-state index is 5.51. The van der Waals surface area contributed by atoms with Crippen LogP contribution in [0.4, 0.5) is 5.69 Å². The van der Waals surface area contributed by atoms with Gasteiger partial charge < -0.3 is 10.6 Å². The van der Waals surface area contributed by atoms with Crippen molar-refractivity contribution >= 4 is 23.0 Å². The Hall–Kier alpha value is -1.95. The second-order valence-corrected chi connectivity index (χ2v) is 9.56. The molecule has 158 valence electrons. The number of thiocarbonyl (C=S) groups is 1. The van der Waals surface area contributed by atoms with Crippen molar-refractivity contribution in [2.75, 3.05) is 38.0 Å². The molecule has 0 saturated carbocycles. The van der Waals surface area contributed by atoms with E-state index in [9.17, 15) is 0 Å². The molecule has 3 saturated heterocycles. The molecule has 0 spiro atoms. The molecule has 0 aromatic heterocycles. The molecule has 4 aliphatic heterocycles. The van der Waals surface area contributed by atoms with Crippen LogP contribution in [-0.2, 0) is 13.0 Å². The molecule has 0 amide bonds. The van der Waals surface area contributed by atoms with E-state index in [1.807, 2.05) is 30.3 Å². The van der Waals surface area contributed by atoms with Gasteiger partial charge in [-0.05, 0) is 73.1 Å². The molecule has 4 aliphatic rings. The van der Waals surface area contributed by atoms with Gasteiger partial charge in [0.05, 0.1) is 0 Å². The first-order valence-corrected chi connectivity index (χ1v) is 11.8. The van der Waals surface area contributed by atoms with E-state index in [2.05, 4.69) is 44.7 Å². The van der Waals surface area contributed by atoms with Gasteiger partial charge in [-0.25, -0.2) is 0 Å². The predicted molar refractivity (Wildman–Crippen MR) is 128 cm³/mol. The van der Waals surface area contributed by atoms with Gasteiger partial charge in [0.15, 0.2) is 5.11 Å². The number of para-hydroxylation sites is 1. The maximum Gasteiger partial charge on any atom is 0.170 e. The summed E-state index contributed by atoms with van der Waals surface area (Å²) >= 11 is 5.51. The number of nitrogens with zero attached hydrogens (tertiary/aromatic N) is 2. The molecule has 2 bridgehead atoms. The monoisotopic (exact) mass is 420 g/mol. The van der Waals surface area contributed by atoms with Gasteiger partial charge in [-0.15, -0.1) is 0 Å². The minimum Gasteiger partial charge on any atom is -0.361 e. The summed E-state index contributed by atoms with van der Waals surface area (Å²) in [6.45, 7) is 7.03. The van der Waals surface area contributed by atoms with Crippen LogP contribution >= 0.6 is 12.2 Å². The van der Waals surface area contributed by atoms with E-state index < -0.39 is 0 Å². The zero-order valence-corrected chi connectivity index (χ0v) is 18.4. The molecule has 2 N–H and O–H groups in total. The topological polar surface area (TPSA) is 30.5 Å². The quantitative estimate of drug-likeness (QED) is 0.720. The van der Waals surface area contributed by atoms with Crippen molar-refractivity contribution < 1.29 is 0 Å². The van der Waals surface area contributed by atoms with Crippen LogP contribution in [-0.4, -0.2) is 53.7 Å². The highest BCUT2D eigenvalue weighted by Gasteiger charge is 2.40. The Bertz CT molecular complexity index is 870. The summed E-state index contributed by atoms with van der Waals surface area (Å²) in [6, 6.07) is 19.7. The van der Waals surface area contributed by atoms with Crippen molar-refractivity contribution in [3.8, 4) is 0 Å². The van der Waals surface area contributed by atoms with E-state index in [-0.39, 0.29) is 0 Å². The fourth-order valence-corrected chi connectivity index (χ4v) is 5.82. The minimum absolute atomic E-state index is 0.609. The Labute approximate surface area is 185 Å². The molecule has 3 fully saturated rings. The van der Waals surface area contributed by atoms with Crippen LogP contribution in [0.15, 0.2) is 54.6 Å². The van der Waals surface area contributed by atoms with Crippen LogP contribution in [0.1, 0.15) is 24.0 Å². The Morgan fingerprint density at radius 2 is 1.80 bits per heavy atom. The molecule has 4 unspecified atom stereocenters. The van der Waals surface area contributed by atoms with Crippen molar-refractivity contribution in [2.45, 2.75) is 31.8 Å². The van der Waals surface area contributed by atoms with E-state index >= 15 is 0 Å². The fraction of sp³-hybridized carbons (Fsp3) is 0.480. The van der Waals surface area contributed by atoms with Crippen molar-refractivity contribution in [2.24, 2.45) is 11.8 Å². The van der Waals surface area contributed by atoms with Gasteiger partial charge in [0.2, 0.25) is 0 Å². The van der Waals surface area contributed by atoms with E-state index in [1.165, 1.54) is 51.0 Å². The molecule has 2 aromatic rings. The highest BCUT2D eigenvalue weighted by atomic mass is 32.1. The molecule has 2 aromatic carbocycles. The summed E-state index contributed by atoms with van der Waals surface area (Å²) < 4.78 is 0. The molecule has 30 heavy (non-hydrogen) atoms. The number of hydrogen-bond donors (Lipinski definition) is 2. The average molecular weight is 421 g/mol. The summed E-state index contributed by atoms with van der Waals surface area (Å²) in [7, 11) is 0. The van der Waals surface area contributed by atoms with E-state index in [0.29, 0.717) is 6.04 Å². The summed E-state index contributed by atoms with van der Waals surface area (Å²) in [5, 5.41) is 7.48. The Morgan fingerprint density at radius 1 is 1.00 bits per heavy atom. The molecular formula is C25H32N4S. The number of fused-ring (bicyclic) bond motifs is 4. The molecule has 0 radical (unpaired) electrons. The van der Waals surface area contributed by atoms with Gasteiger partial charge >= 0.3 is 0 Å². The summed E-state index contributed by atoms with van der Waals surface area (Å²) in [4.78, 5) is 5.40. The molecule has 0 aliphatic carbocycles. The smallest absolute Gasteiger partial charge is 0.170 e. The number of piperidine rings is 3. The number of anilines is 1. The maximum absolute atomic E-state index is 5.51. The number of nitrogens with one attached hydrogen (secondary N) is 2. The zero-order valence-electron chi connectivity index (χ0n) is 17.6. The summed E-state index contributed by atoms with van der Waals surface area (Å²) in [6.07, 6.45) is 3.87. The van der Waals surface area contributed by atoms with Gasteiger partial charge in [0.1, 0.15) is 0 Å². The van der Waals surface area contributed by atoms with Crippen molar-refractivity contribution in [3.05, 3.63) is 65.7 Å². The van der Waals surface area contributed by atoms with E-state index in [4.69, 9.17) is 12.2 Å². The molecule has 4 heterocycles.